The first-order valence-corrected chi connectivity index (χ1v) is 7.48. The molecule has 2 aromatic rings. The van der Waals surface area contributed by atoms with Crippen molar-refractivity contribution in [3.05, 3.63) is 40.8 Å². The highest BCUT2D eigenvalue weighted by atomic mass is 35.5. The maximum absolute atomic E-state index is 13.2. The molecular weight excluding hydrogens is 355 g/mol. The van der Waals surface area contributed by atoms with Gasteiger partial charge in [-0.3, -0.25) is 4.90 Å². The highest BCUT2D eigenvalue weighted by molar-refractivity contribution is 6.29. The zero-order valence-electron chi connectivity index (χ0n) is 12.2. The molecular formula is C14H12ClF5N4. The molecule has 1 aliphatic rings. The highest BCUT2D eigenvalue weighted by Gasteiger charge is 2.39. The summed E-state index contributed by atoms with van der Waals surface area (Å²) in [7, 11) is 0. The summed E-state index contributed by atoms with van der Waals surface area (Å²) in [4.78, 5) is 5.26. The van der Waals surface area contributed by atoms with E-state index in [9.17, 15) is 22.0 Å². The van der Waals surface area contributed by atoms with Gasteiger partial charge in [-0.15, -0.1) is 0 Å². The molecule has 3 rings (SSSR count). The second-order valence-electron chi connectivity index (χ2n) is 5.57. The van der Waals surface area contributed by atoms with Gasteiger partial charge in [0.1, 0.15) is 5.15 Å². The van der Waals surface area contributed by atoms with Gasteiger partial charge in [0, 0.05) is 13.1 Å². The number of alkyl halides is 3. The molecule has 10 heteroatoms. The standard InChI is InChI=1S/C14H12ClF5N4/c15-10-1-2-12-21-13(14(18,19)20)9(24(12)22-10)7-23-4-3-8(6-23)5-11(16)17/h1-2,5,8H,3-4,6-7H2. The lowest BCUT2D eigenvalue weighted by Crippen LogP contribution is -2.23. The monoisotopic (exact) mass is 366 g/mol. The third kappa shape index (κ3) is 3.51. The minimum absolute atomic E-state index is 0.0344. The van der Waals surface area contributed by atoms with Crippen molar-refractivity contribution in [2.45, 2.75) is 19.1 Å². The third-order valence-electron chi connectivity index (χ3n) is 3.85. The van der Waals surface area contributed by atoms with Crippen molar-refractivity contribution in [1.82, 2.24) is 19.5 Å². The molecule has 0 spiro atoms. The van der Waals surface area contributed by atoms with E-state index in [1.54, 1.807) is 4.90 Å². The first-order valence-electron chi connectivity index (χ1n) is 7.10. The van der Waals surface area contributed by atoms with Crippen LogP contribution >= 0.6 is 11.6 Å². The van der Waals surface area contributed by atoms with Gasteiger partial charge in [-0.25, -0.2) is 9.50 Å². The molecule has 4 nitrogen and oxygen atoms in total. The molecule has 0 amide bonds. The van der Waals surface area contributed by atoms with Gasteiger partial charge < -0.3 is 0 Å². The lowest BCUT2D eigenvalue weighted by Gasteiger charge is -2.16. The van der Waals surface area contributed by atoms with Crippen molar-refractivity contribution in [3.8, 4) is 0 Å². The van der Waals surface area contributed by atoms with Gasteiger partial charge in [0.05, 0.1) is 5.69 Å². The fourth-order valence-electron chi connectivity index (χ4n) is 2.86. The van der Waals surface area contributed by atoms with Crippen molar-refractivity contribution in [2.24, 2.45) is 5.92 Å². The Kier molecular flexibility index (Phi) is 4.48. The summed E-state index contributed by atoms with van der Waals surface area (Å²) < 4.78 is 65.4. The van der Waals surface area contributed by atoms with E-state index in [4.69, 9.17) is 11.6 Å². The number of likely N-dealkylation sites (tertiary alicyclic amines) is 1. The number of hydrogen-bond donors (Lipinski definition) is 0. The SMILES string of the molecule is FC(F)=CC1CCN(Cc2c(C(F)(F)F)nc3ccc(Cl)nn23)C1. The Morgan fingerprint density at radius 1 is 1.33 bits per heavy atom. The Hall–Kier alpha value is -1.74. The maximum atomic E-state index is 13.2. The summed E-state index contributed by atoms with van der Waals surface area (Å²) in [5.74, 6) is -0.375. The maximum Gasteiger partial charge on any atom is 0.435 e. The second-order valence-corrected chi connectivity index (χ2v) is 5.96. The van der Waals surface area contributed by atoms with E-state index in [-0.39, 0.29) is 35.5 Å². The molecule has 0 N–H and O–H groups in total. The molecule has 0 bridgehead atoms. The molecule has 1 unspecified atom stereocenters. The van der Waals surface area contributed by atoms with Crippen LogP contribution in [-0.4, -0.2) is 32.6 Å². The van der Waals surface area contributed by atoms with Gasteiger partial charge in [-0.2, -0.15) is 27.1 Å². The van der Waals surface area contributed by atoms with E-state index in [0.717, 1.165) is 10.6 Å². The number of aromatic nitrogens is 3. The van der Waals surface area contributed by atoms with E-state index >= 15 is 0 Å². The zero-order valence-corrected chi connectivity index (χ0v) is 13.0. The molecule has 0 radical (unpaired) electrons. The summed E-state index contributed by atoms with van der Waals surface area (Å²) in [5, 5.41) is 3.92. The van der Waals surface area contributed by atoms with Crippen LogP contribution in [0.4, 0.5) is 22.0 Å². The number of hydrogen-bond acceptors (Lipinski definition) is 3. The van der Waals surface area contributed by atoms with E-state index in [1.807, 2.05) is 0 Å². The molecule has 1 saturated heterocycles. The largest absolute Gasteiger partial charge is 0.435 e. The van der Waals surface area contributed by atoms with Crippen LogP contribution in [0.25, 0.3) is 5.65 Å². The molecule has 2 aromatic heterocycles. The number of halogens is 6. The molecule has 1 aliphatic heterocycles. The topological polar surface area (TPSA) is 33.4 Å². The molecule has 0 saturated carbocycles. The van der Waals surface area contributed by atoms with Crippen LogP contribution in [0.1, 0.15) is 17.8 Å². The van der Waals surface area contributed by atoms with E-state index in [0.29, 0.717) is 13.0 Å². The zero-order chi connectivity index (χ0) is 17.5. The lowest BCUT2D eigenvalue weighted by atomic mass is 10.1. The fourth-order valence-corrected chi connectivity index (χ4v) is 3.00. The van der Waals surface area contributed by atoms with E-state index in [1.165, 1.54) is 12.1 Å². The van der Waals surface area contributed by atoms with Gasteiger partial charge in [0.25, 0.3) is 6.08 Å². The van der Waals surface area contributed by atoms with Gasteiger partial charge in [-0.05, 0) is 37.1 Å². The molecule has 1 atom stereocenters. The minimum Gasteiger partial charge on any atom is -0.297 e. The van der Waals surface area contributed by atoms with Crippen molar-refractivity contribution in [2.75, 3.05) is 13.1 Å². The molecule has 0 aliphatic carbocycles. The summed E-state index contributed by atoms with van der Waals surface area (Å²) in [6, 6.07) is 2.70. The van der Waals surface area contributed by atoms with Crippen LogP contribution < -0.4 is 0 Å². The molecule has 1 fully saturated rings. The van der Waals surface area contributed by atoms with Crippen molar-refractivity contribution >= 4 is 17.2 Å². The third-order valence-corrected chi connectivity index (χ3v) is 4.05. The van der Waals surface area contributed by atoms with Gasteiger partial charge >= 0.3 is 6.18 Å². The first kappa shape index (κ1) is 17.1. The van der Waals surface area contributed by atoms with Gasteiger partial charge in [-0.1, -0.05) is 11.6 Å². The highest BCUT2D eigenvalue weighted by Crippen LogP contribution is 2.33. The van der Waals surface area contributed by atoms with Crippen LogP contribution in [-0.2, 0) is 12.7 Å². The Morgan fingerprint density at radius 2 is 2.08 bits per heavy atom. The summed E-state index contributed by atoms with van der Waals surface area (Å²) in [6.07, 6.45) is -5.11. The van der Waals surface area contributed by atoms with Gasteiger partial charge in [0.2, 0.25) is 0 Å². The predicted octanol–water partition coefficient (Wildman–Crippen LogP) is 4.00. The molecule has 130 valence electrons. The summed E-state index contributed by atoms with van der Waals surface area (Å²) in [5.41, 5.74) is -1.15. The normalized spacial score (nSPS) is 19.2. The summed E-state index contributed by atoms with van der Waals surface area (Å²) in [6.45, 7) is 0.573. The predicted molar refractivity (Wildman–Crippen MR) is 76.7 cm³/mol. The van der Waals surface area contributed by atoms with Crippen LogP contribution in [0, 0.1) is 5.92 Å². The lowest BCUT2D eigenvalue weighted by molar-refractivity contribution is -0.141. The van der Waals surface area contributed by atoms with Crippen LogP contribution in [0.3, 0.4) is 0 Å². The molecule has 0 aromatic carbocycles. The molecule has 3 heterocycles. The average Bonchev–Trinajstić information content (AvgIpc) is 3.03. The van der Waals surface area contributed by atoms with Crippen LogP contribution in [0.5, 0.6) is 0 Å². The van der Waals surface area contributed by atoms with Crippen LogP contribution in [0.2, 0.25) is 5.15 Å². The van der Waals surface area contributed by atoms with E-state index < -0.39 is 18.0 Å². The Morgan fingerprint density at radius 3 is 2.75 bits per heavy atom. The number of rotatable bonds is 3. The minimum atomic E-state index is -4.64. The average molecular weight is 367 g/mol. The van der Waals surface area contributed by atoms with Crippen molar-refractivity contribution in [1.29, 1.82) is 0 Å². The number of fused-ring (bicyclic) bond motifs is 1. The van der Waals surface area contributed by atoms with Crippen molar-refractivity contribution in [3.63, 3.8) is 0 Å². The van der Waals surface area contributed by atoms with Gasteiger partial charge in [0.15, 0.2) is 11.3 Å². The fraction of sp³-hybridized carbons (Fsp3) is 0.429. The number of nitrogens with zero attached hydrogens (tertiary/aromatic N) is 4. The Balaban J connectivity index is 1.93. The Labute approximate surface area is 138 Å². The smallest absolute Gasteiger partial charge is 0.297 e. The number of imidazole rings is 1. The quantitative estimate of drug-likeness (QED) is 0.770. The molecule has 24 heavy (non-hydrogen) atoms. The van der Waals surface area contributed by atoms with E-state index in [2.05, 4.69) is 10.1 Å². The summed E-state index contributed by atoms with van der Waals surface area (Å²) >= 11 is 5.77. The second kappa shape index (κ2) is 6.29. The van der Waals surface area contributed by atoms with Crippen molar-refractivity contribution < 1.29 is 22.0 Å². The van der Waals surface area contributed by atoms with Crippen LogP contribution in [0.15, 0.2) is 24.3 Å². The Bertz CT molecular complexity index is 781. The first-order chi connectivity index (χ1) is 11.2.